The lowest BCUT2D eigenvalue weighted by atomic mass is 10.1. The van der Waals surface area contributed by atoms with E-state index in [1.807, 2.05) is 49.4 Å². The van der Waals surface area contributed by atoms with Crippen molar-refractivity contribution in [2.75, 3.05) is 14.2 Å². The Bertz CT molecular complexity index is 959. The molecule has 0 saturated heterocycles. The van der Waals surface area contributed by atoms with Gasteiger partial charge in [-0.2, -0.15) is 0 Å². The third kappa shape index (κ3) is 5.73. The Balaban J connectivity index is 1.56. The smallest absolute Gasteiger partial charge is 0.225 e. The number of benzene rings is 2. The molecule has 156 valence electrons. The molecule has 1 amide bonds. The maximum Gasteiger partial charge on any atom is 0.225 e. The Hall–Kier alpha value is -3.54. The van der Waals surface area contributed by atoms with Crippen molar-refractivity contribution < 1.29 is 19.0 Å². The molecule has 1 unspecified atom stereocenters. The van der Waals surface area contributed by atoms with Crippen LogP contribution in [-0.2, 0) is 17.8 Å². The first-order valence-electron chi connectivity index (χ1n) is 9.71. The lowest BCUT2D eigenvalue weighted by Crippen LogP contribution is -2.28. The van der Waals surface area contributed by atoms with Crippen LogP contribution in [0.4, 0.5) is 0 Å². The molecule has 0 aliphatic carbocycles. The van der Waals surface area contributed by atoms with E-state index in [0.29, 0.717) is 18.1 Å². The zero-order valence-electron chi connectivity index (χ0n) is 17.4. The molecule has 0 spiro atoms. The zero-order chi connectivity index (χ0) is 21.3. The number of nitrogens with zero attached hydrogens (tertiary/aromatic N) is 1. The maximum atomic E-state index is 12.6. The summed E-state index contributed by atoms with van der Waals surface area (Å²) in [6, 6.07) is 16.8. The van der Waals surface area contributed by atoms with Gasteiger partial charge >= 0.3 is 0 Å². The second-order valence-corrected chi connectivity index (χ2v) is 6.86. The van der Waals surface area contributed by atoms with E-state index < -0.39 is 0 Å². The highest BCUT2D eigenvalue weighted by atomic mass is 16.5. The molecule has 1 N–H and O–H groups in total. The van der Waals surface area contributed by atoms with E-state index >= 15 is 0 Å². The van der Waals surface area contributed by atoms with Gasteiger partial charge in [-0.05, 0) is 48.9 Å². The molecule has 30 heavy (non-hydrogen) atoms. The Labute approximate surface area is 176 Å². The number of carbonyl (C=O) groups excluding carboxylic acids is 1. The van der Waals surface area contributed by atoms with E-state index in [1.165, 1.54) is 0 Å². The van der Waals surface area contributed by atoms with Gasteiger partial charge in [-0.3, -0.25) is 9.78 Å². The first-order chi connectivity index (χ1) is 14.6. The first-order valence-corrected chi connectivity index (χ1v) is 9.71. The summed E-state index contributed by atoms with van der Waals surface area (Å²) in [4.78, 5) is 16.6. The molecule has 0 bridgehead atoms. The highest BCUT2D eigenvalue weighted by Gasteiger charge is 2.14. The summed E-state index contributed by atoms with van der Waals surface area (Å²) in [6.07, 6.45) is 3.72. The van der Waals surface area contributed by atoms with Crippen molar-refractivity contribution in [3.8, 4) is 17.2 Å². The quantitative estimate of drug-likeness (QED) is 0.579. The number of aromatic nitrogens is 1. The molecule has 6 nitrogen and oxygen atoms in total. The summed E-state index contributed by atoms with van der Waals surface area (Å²) in [5, 5.41) is 3.03. The van der Waals surface area contributed by atoms with Crippen LogP contribution < -0.4 is 19.5 Å². The molecular weight excluding hydrogens is 380 g/mol. The van der Waals surface area contributed by atoms with Crippen LogP contribution in [0.25, 0.3) is 0 Å². The summed E-state index contributed by atoms with van der Waals surface area (Å²) in [5.41, 5.74) is 2.78. The zero-order valence-corrected chi connectivity index (χ0v) is 17.4. The Morgan fingerprint density at radius 2 is 1.80 bits per heavy atom. The van der Waals surface area contributed by atoms with Crippen molar-refractivity contribution in [1.82, 2.24) is 10.3 Å². The van der Waals surface area contributed by atoms with Gasteiger partial charge < -0.3 is 19.5 Å². The van der Waals surface area contributed by atoms with Gasteiger partial charge in [0.1, 0.15) is 23.9 Å². The van der Waals surface area contributed by atoms with E-state index in [1.54, 1.807) is 38.7 Å². The predicted molar refractivity (Wildman–Crippen MR) is 115 cm³/mol. The molecule has 0 aliphatic heterocycles. The van der Waals surface area contributed by atoms with E-state index in [9.17, 15) is 4.79 Å². The van der Waals surface area contributed by atoms with Gasteiger partial charge in [0.05, 0.1) is 26.7 Å². The van der Waals surface area contributed by atoms with Gasteiger partial charge in [-0.1, -0.05) is 18.2 Å². The van der Waals surface area contributed by atoms with E-state index in [0.717, 1.165) is 22.4 Å². The normalized spacial score (nSPS) is 11.4. The molecule has 1 aromatic heterocycles. The number of methoxy groups -OCH3 is 2. The second-order valence-electron chi connectivity index (χ2n) is 6.86. The molecule has 6 heteroatoms. The second kappa shape index (κ2) is 10.3. The molecule has 1 heterocycles. The van der Waals surface area contributed by atoms with Gasteiger partial charge in [0.15, 0.2) is 0 Å². The van der Waals surface area contributed by atoms with Crippen LogP contribution in [0, 0.1) is 0 Å². The monoisotopic (exact) mass is 406 g/mol. The highest BCUT2D eigenvalue weighted by Crippen LogP contribution is 2.25. The Kier molecular flexibility index (Phi) is 7.27. The molecule has 0 aliphatic rings. The molecule has 3 rings (SSSR count). The number of pyridine rings is 1. The summed E-state index contributed by atoms with van der Waals surface area (Å²) in [5.74, 6) is 2.02. The van der Waals surface area contributed by atoms with Crippen molar-refractivity contribution in [2.45, 2.75) is 26.0 Å². The van der Waals surface area contributed by atoms with Crippen molar-refractivity contribution in [1.29, 1.82) is 0 Å². The van der Waals surface area contributed by atoms with Crippen molar-refractivity contribution in [2.24, 2.45) is 0 Å². The third-order valence-corrected chi connectivity index (χ3v) is 4.72. The van der Waals surface area contributed by atoms with Crippen LogP contribution in [0.15, 0.2) is 67.0 Å². The average molecular weight is 406 g/mol. The van der Waals surface area contributed by atoms with Crippen LogP contribution in [0.2, 0.25) is 0 Å². The summed E-state index contributed by atoms with van der Waals surface area (Å²) >= 11 is 0. The molecule has 0 fully saturated rings. The van der Waals surface area contributed by atoms with Crippen LogP contribution >= 0.6 is 0 Å². The Morgan fingerprint density at radius 3 is 2.47 bits per heavy atom. The lowest BCUT2D eigenvalue weighted by Gasteiger charge is -2.16. The average Bonchev–Trinajstić information content (AvgIpc) is 2.78. The maximum absolute atomic E-state index is 12.6. The number of hydrogen-bond acceptors (Lipinski definition) is 5. The van der Waals surface area contributed by atoms with Gasteiger partial charge in [0, 0.05) is 23.5 Å². The first kappa shape index (κ1) is 21.2. The Morgan fingerprint density at radius 1 is 1.03 bits per heavy atom. The van der Waals surface area contributed by atoms with Gasteiger partial charge in [0.2, 0.25) is 5.91 Å². The minimum absolute atomic E-state index is 0.0917. The standard InChI is InChI=1S/C24H26N2O4/c1-17(26-24(27)14-20-13-22(28-2)10-11-23(20)29-3)19-6-8-21(9-7-19)30-16-18-5-4-12-25-15-18/h4-13,15,17H,14,16H2,1-3H3,(H,26,27). The fourth-order valence-corrected chi connectivity index (χ4v) is 3.07. The van der Waals surface area contributed by atoms with Crippen LogP contribution in [0.3, 0.4) is 0 Å². The lowest BCUT2D eigenvalue weighted by molar-refractivity contribution is -0.121. The molecule has 1 atom stereocenters. The minimum Gasteiger partial charge on any atom is -0.497 e. The third-order valence-electron chi connectivity index (χ3n) is 4.72. The van der Waals surface area contributed by atoms with Crippen molar-refractivity contribution in [3.05, 3.63) is 83.7 Å². The van der Waals surface area contributed by atoms with Gasteiger partial charge in [0.25, 0.3) is 0 Å². The fraction of sp³-hybridized carbons (Fsp3) is 0.250. The predicted octanol–water partition coefficient (Wildman–Crippen LogP) is 4.10. The minimum atomic E-state index is -0.138. The summed E-state index contributed by atoms with van der Waals surface area (Å²) in [7, 11) is 3.18. The molecule has 2 aromatic carbocycles. The van der Waals surface area contributed by atoms with E-state index in [4.69, 9.17) is 14.2 Å². The number of hydrogen-bond donors (Lipinski definition) is 1. The summed E-state index contributed by atoms with van der Waals surface area (Å²) in [6.45, 7) is 2.41. The number of carbonyl (C=O) groups is 1. The molecule has 3 aromatic rings. The largest absolute Gasteiger partial charge is 0.497 e. The van der Waals surface area contributed by atoms with Crippen LogP contribution in [-0.4, -0.2) is 25.1 Å². The van der Waals surface area contributed by atoms with E-state index in [-0.39, 0.29) is 18.4 Å². The SMILES string of the molecule is COc1ccc(OC)c(CC(=O)NC(C)c2ccc(OCc3cccnc3)cc2)c1. The number of ether oxygens (including phenoxy) is 3. The molecular formula is C24H26N2O4. The van der Waals surface area contributed by atoms with Gasteiger partial charge in [-0.15, -0.1) is 0 Å². The number of amides is 1. The fourth-order valence-electron chi connectivity index (χ4n) is 3.07. The highest BCUT2D eigenvalue weighted by molar-refractivity contribution is 5.80. The van der Waals surface area contributed by atoms with Crippen LogP contribution in [0.5, 0.6) is 17.2 Å². The van der Waals surface area contributed by atoms with Crippen molar-refractivity contribution >= 4 is 5.91 Å². The number of rotatable bonds is 9. The number of nitrogens with one attached hydrogen (secondary N) is 1. The van der Waals surface area contributed by atoms with E-state index in [2.05, 4.69) is 10.3 Å². The summed E-state index contributed by atoms with van der Waals surface area (Å²) < 4.78 is 16.4. The van der Waals surface area contributed by atoms with Crippen molar-refractivity contribution in [3.63, 3.8) is 0 Å². The molecule has 0 radical (unpaired) electrons. The van der Waals surface area contributed by atoms with Gasteiger partial charge in [-0.25, -0.2) is 0 Å². The van der Waals surface area contributed by atoms with Crippen LogP contribution in [0.1, 0.15) is 29.7 Å². The topological polar surface area (TPSA) is 69.7 Å². The molecule has 0 saturated carbocycles.